The van der Waals surface area contributed by atoms with Gasteiger partial charge in [0.15, 0.2) is 0 Å². The van der Waals surface area contributed by atoms with Crippen LogP contribution in [0.3, 0.4) is 0 Å². The number of carbonyl (C=O) groups is 1. The average Bonchev–Trinajstić information content (AvgIpc) is 3.06. The topological polar surface area (TPSA) is 75.3 Å². The zero-order chi connectivity index (χ0) is 15.8. The molecular weight excluding hydrogens is 320 g/mol. The Morgan fingerprint density at radius 1 is 1.09 bits per heavy atom. The maximum Gasteiger partial charge on any atom is 0.250 e. The Bertz CT molecular complexity index is 683. The molecule has 7 heteroatoms. The molecule has 2 aromatic rings. The highest BCUT2D eigenvalue weighted by molar-refractivity contribution is 7.91. The third-order valence-electron chi connectivity index (χ3n) is 2.99. The first kappa shape index (κ1) is 16.7. The first-order chi connectivity index (χ1) is 10.6. The number of benzene rings is 1. The van der Waals surface area contributed by atoms with Gasteiger partial charge in [-0.1, -0.05) is 36.4 Å². The van der Waals surface area contributed by atoms with Crippen molar-refractivity contribution in [2.45, 2.75) is 17.1 Å². The monoisotopic (exact) mass is 338 g/mol. The molecule has 0 radical (unpaired) electrons. The summed E-state index contributed by atoms with van der Waals surface area (Å²) in [7, 11) is -3.58. The van der Waals surface area contributed by atoms with Gasteiger partial charge in [0.05, 0.1) is 6.54 Å². The zero-order valence-electron chi connectivity index (χ0n) is 12.0. The summed E-state index contributed by atoms with van der Waals surface area (Å²) in [5, 5.41) is 4.39. The lowest BCUT2D eigenvalue weighted by Gasteiger charge is -2.07. The van der Waals surface area contributed by atoms with Crippen LogP contribution < -0.4 is 10.0 Å². The van der Waals surface area contributed by atoms with Gasteiger partial charge in [0.25, 0.3) is 10.0 Å². The summed E-state index contributed by atoms with van der Waals surface area (Å²) >= 11 is 1.12. The molecule has 2 rings (SSSR count). The molecule has 0 spiro atoms. The van der Waals surface area contributed by atoms with E-state index in [4.69, 9.17) is 0 Å². The third-order valence-corrected chi connectivity index (χ3v) is 5.79. The van der Waals surface area contributed by atoms with Crippen LogP contribution in [0.25, 0.3) is 0 Å². The fraction of sp³-hybridized carbons (Fsp3) is 0.267. The van der Waals surface area contributed by atoms with E-state index in [9.17, 15) is 13.2 Å². The molecule has 1 aromatic carbocycles. The highest BCUT2D eigenvalue weighted by Gasteiger charge is 2.15. The van der Waals surface area contributed by atoms with E-state index in [2.05, 4.69) is 10.0 Å². The molecule has 0 aliphatic carbocycles. The molecular formula is C15H18N2O3S2. The van der Waals surface area contributed by atoms with Crippen molar-refractivity contribution in [3.05, 3.63) is 53.4 Å². The number of thiophene rings is 1. The Labute approximate surface area is 134 Å². The fourth-order valence-electron chi connectivity index (χ4n) is 1.88. The van der Waals surface area contributed by atoms with Crippen molar-refractivity contribution in [1.82, 2.24) is 10.0 Å². The second-order valence-electron chi connectivity index (χ2n) is 4.70. The van der Waals surface area contributed by atoms with E-state index in [0.717, 1.165) is 24.2 Å². The molecule has 0 saturated carbocycles. The van der Waals surface area contributed by atoms with Crippen molar-refractivity contribution in [1.29, 1.82) is 0 Å². The third kappa shape index (κ3) is 5.25. The molecule has 0 aliphatic heterocycles. The van der Waals surface area contributed by atoms with Crippen LogP contribution >= 0.6 is 11.3 Å². The SMILES string of the molecule is O=C(CNS(=O)(=O)c1cccs1)NCCCc1ccccc1. The average molecular weight is 338 g/mol. The lowest BCUT2D eigenvalue weighted by molar-refractivity contribution is -0.119. The maximum absolute atomic E-state index is 11.8. The van der Waals surface area contributed by atoms with Crippen LogP contribution in [0.1, 0.15) is 12.0 Å². The minimum atomic E-state index is -3.58. The van der Waals surface area contributed by atoms with Crippen LogP contribution in [-0.4, -0.2) is 27.4 Å². The second kappa shape index (κ2) is 8.07. The Morgan fingerprint density at radius 3 is 2.55 bits per heavy atom. The molecule has 1 heterocycles. The van der Waals surface area contributed by atoms with Crippen LogP contribution in [-0.2, 0) is 21.2 Å². The zero-order valence-corrected chi connectivity index (χ0v) is 13.6. The summed E-state index contributed by atoms with van der Waals surface area (Å²) in [5.74, 6) is -0.326. The molecule has 2 N–H and O–H groups in total. The summed E-state index contributed by atoms with van der Waals surface area (Å²) < 4.78 is 26.2. The fourth-order valence-corrected chi connectivity index (χ4v) is 3.90. The van der Waals surface area contributed by atoms with Gasteiger partial charge in [-0.2, -0.15) is 0 Å². The molecule has 1 aromatic heterocycles. The van der Waals surface area contributed by atoms with Gasteiger partial charge in [-0.05, 0) is 29.9 Å². The predicted octanol–water partition coefficient (Wildman–Crippen LogP) is 1.78. The number of amides is 1. The summed E-state index contributed by atoms with van der Waals surface area (Å²) in [6, 6.07) is 13.2. The highest BCUT2D eigenvalue weighted by Crippen LogP contribution is 2.14. The molecule has 1 amide bonds. The van der Waals surface area contributed by atoms with E-state index < -0.39 is 10.0 Å². The standard InChI is InChI=1S/C15H18N2O3S2/c18-14(12-17-22(19,20)15-9-5-11-21-15)16-10-4-8-13-6-2-1-3-7-13/h1-3,5-7,9,11,17H,4,8,10,12H2,(H,16,18). The van der Waals surface area contributed by atoms with Crippen molar-refractivity contribution in [3.63, 3.8) is 0 Å². The van der Waals surface area contributed by atoms with Crippen molar-refractivity contribution >= 4 is 27.3 Å². The van der Waals surface area contributed by atoms with Gasteiger partial charge in [-0.3, -0.25) is 4.79 Å². The van der Waals surface area contributed by atoms with Crippen molar-refractivity contribution in [3.8, 4) is 0 Å². The largest absolute Gasteiger partial charge is 0.355 e. The van der Waals surface area contributed by atoms with Gasteiger partial charge >= 0.3 is 0 Å². The number of hydrogen-bond acceptors (Lipinski definition) is 4. The summed E-state index contributed by atoms with van der Waals surface area (Å²) in [4.78, 5) is 11.6. The van der Waals surface area contributed by atoms with Gasteiger partial charge in [0.2, 0.25) is 5.91 Å². The second-order valence-corrected chi connectivity index (χ2v) is 7.64. The Morgan fingerprint density at radius 2 is 1.86 bits per heavy atom. The molecule has 0 fully saturated rings. The van der Waals surface area contributed by atoms with E-state index in [1.54, 1.807) is 11.4 Å². The quantitative estimate of drug-likeness (QED) is 0.721. The minimum Gasteiger partial charge on any atom is -0.355 e. The predicted molar refractivity (Wildman–Crippen MR) is 87.3 cm³/mol. The Hall–Kier alpha value is -1.70. The van der Waals surface area contributed by atoms with E-state index in [0.29, 0.717) is 6.54 Å². The van der Waals surface area contributed by atoms with E-state index >= 15 is 0 Å². The Kier molecular flexibility index (Phi) is 6.11. The first-order valence-electron chi connectivity index (χ1n) is 6.92. The molecule has 5 nitrogen and oxygen atoms in total. The van der Waals surface area contributed by atoms with Gasteiger partial charge in [-0.15, -0.1) is 11.3 Å². The normalized spacial score (nSPS) is 11.3. The molecule has 0 atom stereocenters. The number of rotatable bonds is 8. The minimum absolute atomic E-state index is 0.212. The number of carbonyl (C=O) groups excluding carboxylic acids is 1. The van der Waals surface area contributed by atoms with Gasteiger partial charge in [0, 0.05) is 6.54 Å². The Balaban J connectivity index is 1.66. The van der Waals surface area contributed by atoms with Crippen molar-refractivity contribution in [2.24, 2.45) is 0 Å². The van der Waals surface area contributed by atoms with Crippen LogP contribution in [0.5, 0.6) is 0 Å². The van der Waals surface area contributed by atoms with Crippen LogP contribution in [0.4, 0.5) is 0 Å². The molecule has 0 unspecified atom stereocenters. The number of aryl methyl sites for hydroxylation is 1. The van der Waals surface area contributed by atoms with E-state index in [-0.39, 0.29) is 16.7 Å². The van der Waals surface area contributed by atoms with Crippen molar-refractivity contribution < 1.29 is 13.2 Å². The highest BCUT2D eigenvalue weighted by atomic mass is 32.2. The van der Waals surface area contributed by atoms with Gasteiger partial charge in [0.1, 0.15) is 4.21 Å². The summed E-state index contributed by atoms with van der Waals surface area (Å²) in [6.45, 7) is 0.278. The molecule has 118 valence electrons. The van der Waals surface area contributed by atoms with Crippen LogP contribution in [0, 0.1) is 0 Å². The van der Waals surface area contributed by atoms with Crippen molar-refractivity contribution in [2.75, 3.05) is 13.1 Å². The molecule has 0 aliphatic rings. The van der Waals surface area contributed by atoms with Gasteiger partial charge in [-0.25, -0.2) is 13.1 Å². The molecule has 0 saturated heterocycles. The van der Waals surface area contributed by atoms with Crippen LogP contribution in [0.2, 0.25) is 0 Å². The lowest BCUT2D eigenvalue weighted by Crippen LogP contribution is -2.37. The van der Waals surface area contributed by atoms with Gasteiger partial charge < -0.3 is 5.32 Å². The summed E-state index contributed by atoms with van der Waals surface area (Å²) in [6.07, 6.45) is 1.69. The summed E-state index contributed by atoms with van der Waals surface area (Å²) in [5.41, 5.74) is 1.22. The maximum atomic E-state index is 11.8. The molecule has 0 bridgehead atoms. The first-order valence-corrected chi connectivity index (χ1v) is 9.28. The number of sulfonamides is 1. The number of hydrogen-bond donors (Lipinski definition) is 2. The number of nitrogens with one attached hydrogen (secondary N) is 2. The molecule has 22 heavy (non-hydrogen) atoms. The van der Waals surface area contributed by atoms with E-state index in [1.165, 1.54) is 11.6 Å². The lowest BCUT2D eigenvalue weighted by atomic mass is 10.1. The smallest absolute Gasteiger partial charge is 0.250 e. The van der Waals surface area contributed by atoms with E-state index in [1.807, 2.05) is 30.3 Å². The van der Waals surface area contributed by atoms with Crippen LogP contribution in [0.15, 0.2) is 52.1 Å².